The molecular weight excluding hydrogens is 264 g/mol. The first-order valence-electron chi connectivity index (χ1n) is 8.01. The van der Waals surface area contributed by atoms with Crippen LogP contribution in [-0.4, -0.2) is 49.5 Å². The summed E-state index contributed by atoms with van der Waals surface area (Å²) in [5, 5.41) is 0. The van der Waals surface area contributed by atoms with Crippen LogP contribution in [0.25, 0.3) is 0 Å². The maximum atomic E-state index is 6.05. The van der Waals surface area contributed by atoms with Crippen molar-refractivity contribution < 1.29 is 9.47 Å². The molecule has 0 aromatic heterocycles. The second-order valence-corrected chi connectivity index (χ2v) is 6.23. The van der Waals surface area contributed by atoms with Crippen molar-refractivity contribution in [3.63, 3.8) is 0 Å². The van der Waals surface area contributed by atoms with Crippen LogP contribution < -0.4 is 5.73 Å². The Morgan fingerprint density at radius 2 is 2.10 bits per heavy atom. The van der Waals surface area contributed by atoms with Crippen molar-refractivity contribution in [2.75, 3.05) is 32.9 Å². The van der Waals surface area contributed by atoms with E-state index < -0.39 is 0 Å². The Morgan fingerprint density at radius 1 is 1.24 bits per heavy atom. The van der Waals surface area contributed by atoms with E-state index in [-0.39, 0.29) is 5.60 Å². The summed E-state index contributed by atoms with van der Waals surface area (Å²) in [5.74, 6) is 0. The molecule has 3 rings (SSSR count). The summed E-state index contributed by atoms with van der Waals surface area (Å²) in [5.41, 5.74) is 7.16. The van der Waals surface area contributed by atoms with Gasteiger partial charge in [-0.15, -0.1) is 0 Å². The Labute approximate surface area is 127 Å². The molecular formula is C17H26N2O2. The molecule has 116 valence electrons. The molecule has 0 radical (unpaired) electrons. The zero-order chi connectivity index (χ0) is 14.5. The number of nitrogens with two attached hydrogens (primary N) is 1. The van der Waals surface area contributed by atoms with Gasteiger partial charge in [-0.25, -0.2) is 0 Å². The predicted molar refractivity (Wildman–Crippen MR) is 83.0 cm³/mol. The standard InChI is InChI=1S/C17H26N2O2/c18-8-9-19(13-15-4-2-1-3-5-15)16-6-10-21-17(12-16)7-11-20-14-17/h1-5,16H,6-14,18H2. The number of hydrogen-bond donors (Lipinski definition) is 1. The van der Waals surface area contributed by atoms with Crippen molar-refractivity contribution in [2.45, 2.75) is 37.5 Å². The lowest BCUT2D eigenvalue weighted by molar-refractivity contribution is -0.107. The fourth-order valence-electron chi connectivity index (χ4n) is 3.55. The molecule has 1 aromatic carbocycles. The molecule has 1 aromatic rings. The Kier molecular flexibility index (Phi) is 4.91. The number of nitrogens with zero attached hydrogens (tertiary/aromatic N) is 1. The number of ether oxygens (including phenoxy) is 2. The van der Waals surface area contributed by atoms with E-state index in [9.17, 15) is 0 Å². The van der Waals surface area contributed by atoms with Gasteiger partial charge in [0.2, 0.25) is 0 Å². The van der Waals surface area contributed by atoms with Crippen molar-refractivity contribution >= 4 is 0 Å². The van der Waals surface area contributed by atoms with Gasteiger partial charge in [0.15, 0.2) is 0 Å². The van der Waals surface area contributed by atoms with E-state index in [1.165, 1.54) is 5.56 Å². The first kappa shape index (κ1) is 15.0. The Morgan fingerprint density at radius 3 is 2.81 bits per heavy atom. The van der Waals surface area contributed by atoms with Gasteiger partial charge in [0.05, 0.1) is 12.2 Å². The third-order valence-corrected chi connectivity index (χ3v) is 4.70. The van der Waals surface area contributed by atoms with Gasteiger partial charge in [0.25, 0.3) is 0 Å². The fraction of sp³-hybridized carbons (Fsp3) is 0.647. The van der Waals surface area contributed by atoms with Gasteiger partial charge >= 0.3 is 0 Å². The highest BCUT2D eigenvalue weighted by atomic mass is 16.6. The van der Waals surface area contributed by atoms with Crippen LogP contribution in [0.3, 0.4) is 0 Å². The fourth-order valence-corrected chi connectivity index (χ4v) is 3.55. The maximum Gasteiger partial charge on any atom is 0.0951 e. The molecule has 0 bridgehead atoms. The van der Waals surface area contributed by atoms with E-state index in [1.807, 2.05) is 0 Å². The van der Waals surface area contributed by atoms with E-state index in [0.29, 0.717) is 12.6 Å². The lowest BCUT2D eigenvalue weighted by atomic mass is 9.88. The van der Waals surface area contributed by atoms with E-state index in [2.05, 4.69) is 35.2 Å². The van der Waals surface area contributed by atoms with E-state index >= 15 is 0 Å². The maximum absolute atomic E-state index is 6.05. The molecule has 0 aliphatic carbocycles. The molecule has 21 heavy (non-hydrogen) atoms. The van der Waals surface area contributed by atoms with Crippen molar-refractivity contribution in [1.82, 2.24) is 4.90 Å². The summed E-state index contributed by atoms with van der Waals surface area (Å²) >= 11 is 0. The molecule has 4 nitrogen and oxygen atoms in total. The van der Waals surface area contributed by atoms with E-state index in [1.54, 1.807) is 0 Å². The van der Waals surface area contributed by atoms with Crippen LogP contribution in [0.2, 0.25) is 0 Å². The average molecular weight is 290 g/mol. The topological polar surface area (TPSA) is 47.7 Å². The molecule has 0 amide bonds. The highest BCUT2D eigenvalue weighted by Crippen LogP contribution is 2.35. The van der Waals surface area contributed by atoms with Gasteiger partial charge in [-0.3, -0.25) is 4.90 Å². The van der Waals surface area contributed by atoms with E-state index in [0.717, 1.165) is 52.2 Å². The summed E-state index contributed by atoms with van der Waals surface area (Å²) < 4.78 is 11.6. The van der Waals surface area contributed by atoms with Crippen LogP contribution in [0.4, 0.5) is 0 Å². The molecule has 2 unspecified atom stereocenters. The minimum absolute atomic E-state index is 0.0353. The summed E-state index contributed by atoms with van der Waals surface area (Å²) in [7, 11) is 0. The molecule has 0 saturated carbocycles. The van der Waals surface area contributed by atoms with Crippen LogP contribution in [0.1, 0.15) is 24.8 Å². The Bertz CT molecular complexity index is 432. The van der Waals surface area contributed by atoms with Gasteiger partial charge in [-0.2, -0.15) is 0 Å². The molecule has 2 atom stereocenters. The average Bonchev–Trinajstić information content (AvgIpc) is 2.96. The Hall–Kier alpha value is -0.940. The quantitative estimate of drug-likeness (QED) is 0.898. The summed E-state index contributed by atoms with van der Waals surface area (Å²) in [6.07, 6.45) is 3.19. The smallest absolute Gasteiger partial charge is 0.0951 e. The first-order valence-corrected chi connectivity index (χ1v) is 8.01. The molecule has 2 fully saturated rings. The molecule has 2 N–H and O–H groups in total. The first-order chi connectivity index (χ1) is 10.3. The number of benzene rings is 1. The summed E-state index contributed by atoms with van der Waals surface area (Å²) in [4.78, 5) is 2.53. The van der Waals surface area contributed by atoms with Gasteiger partial charge in [-0.05, 0) is 18.4 Å². The van der Waals surface area contributed by atoms with Gasteiger partial charge in [0.1, 0.15) is 0 Å². The largest absolute Gasteiger partial charge is 0.378 e. The van der Waals surface area contributed by atoms with Crippen molar-refractivity contribution in [3.05, 3.63) is 35.9 Å². The lowest BCUT2D eigenvalue weighted by Gasteiger charge is -2.42. The van der Waals surface area contributed by atoms with Gasteiger partial charge in [0, 0.05) is 45.3 Å². The van der Waals surface area contributed by atoms with Crippen LogP contribution in [0, 0.1) is 0 Å². The molecule has 2 saturated heterocycles. The highest BCUT2D eigenvalue weighted by molar-refractivity contribution is 5.14. The predicted octanol–water partition coefficient (Wildman–Crippen LogP) is 1.79. The van der Waals surface area contributed by atoms with Gasteiger partial charge < -0.3 is 15.2 Å². The van der Waals surface area contributed by atoms with Crippen LogP contribution in [-0.2, 0) is 16.0 Å². The molecule has 2 aliphatic rings. The van der Waals surface area contributed by atoms with Crippen molar-refractivity contribution in [2.24, 2.45) is 5.73 Å². The second kappa shape index (κ2) is 6.88. The van der Waals surface area contributed by atoms with Crippen molar-refractivity contribution in [1.29, 1.82) is 0 Å². The van der Waals surface area contributed by atoms with Crippen LogP contribution >= 0.6 is 0 Å². The zero-order valence-corrected chi connectivity index (χ0v) is 12.7. The summed E-state index contributed by atoms with van der Waals surface area (Å²) in [6, 6.07) is 11.2. The third-order valence-electron chi connectivity index (χ3n) is 4.70. The SMILES string of the molecule is NCCN(Cc1ccccc1)C1CCOC2(CCOC2)C1. The minimum atomic E-state index is -0.0353. The Balaban J connectivity index is 1.68. The van der Waals surface area contributed by atoms with Crippen LogP contribution in [0.15, 0.2) is 30.3 Å². The molecule has 2 heterocycles. The summed E-state index contributed by atoms with van der Waals surface area (Å²) in [6.45, 7) is 5.04. The molecule has 4 heteroatoms. The number of hydrogen-bond acceptors (Lipinski definition) is 4. The monoisotopic (exact) mass is 290 g/mol. The van der Waals surface area contributed by atoms with Crippen molar-refractivity contribution in [3.8, 4) is 0 Å². The molecule has 1 spiro atoms. The van der Waals surface area contributed by atoms with E-state index in [4.69, 9.17) is 15.2 Å². The molecule has 2 aliphatic heterocycles. The number of rotatable bonds is 5. The lowest BCUT2D eigenvalue weighted by Crippen LogP contribution is -2.50. The highest BCUT2D eigenvalue weighted by Gasteiger charge is 2.42. The normalized spacial score (nSPS) is 29.3. The second-order valence-electron chi connectivity index (χ2n) is 6.23. The van der Waals surface area contributed by atoms with Crippen LogP contribution in [0.5, 0.6) is 0 Å². The minimum Gasteiger partial charge on any atom is -0.378 e. The van der Waals surface area contributed by atoms with Gasteiger partial charge in [-0.1, -0.05) is 30.3 Å². The zero-order valence-electron chi connectivity index (χ0n) is 12.7. The third kappa shape index (κ3) is 3.64.